The average Bonchev–Trinajstić information content (AvgIpc) is 2.34. The summed E-state index contributed by atoms with van der Waals surface area (Å²) in [5, 5.41) is 0.329. The van der Waals surface area contributed by atoms with Crippen LogP contribution in [0, 0.1) is 0 Å². The van der Waals surface area contributed by atoms with Gasteiger partial charge in [-0.2, -0.15) is 0 Å². The molecule has 1 aromatic rings. The fraction of sp³-hybridized carbons (Fsp3) is 0.636. The third-order valence-electron chi connectivity index (χ3n) is 2.95. The molecular formula is C11H17ClN4O. The minimum Gasteiger partial charge on any atom is -0.349 e. The first kappa shape index (κ1) is 12.4. The number of aromatic amines is 1. The van der Waals surface area contributed by atoms with E-state index in [0.29, 0.717) is 11.0 Å². The van der Waals surface area contributed by atoms with Gasteiger partial charge in [0, 0.05) is 32.4 Å². The Morgan fingerprint density at radius 3 is 2.76 bits per heavy atom. The number of nitrogens with zero attached hydrogens (tertiary/aromatic N) is 3. The van der Waals surface area contributed by atoms with E-state index in [0.717, 1.165) is 39.1 Å². The Morgan fingerprint density at radius 2 is 2.12 bits per heavy atom. The maximum Gasteiger partial charge on any atom is 0.291 e. The monoisotopic (exact) mass is 256 g/mol. The summed E-state index contributed by atoms with van der Waals surface area (Å²) in [6.07, 6.45) is 2.58. The smallest absolute Gasteiger partial charge is 0.291 e. The summed E-state index contributed by atoms with van der Waals surface area (Å²) in [6.45, 7) is 6.90. The van der Waals surface area contributed by atoms with Crippen LogP contribution < -0.4 is 10.5 Å². The number of halogens is 1. The fourth-order valence-corrected chi connectivity index (χ4v) is 2.22. The lowest BCUT2D eigenvalue weighted by Crippen LogP contribution is -2.48. The maximum absolute atomic E-state index is 11.6. The number of hydrogen-bond donors (Lipinski definition) is 1. The van der Waals surface area contributed by atoms with Gasteiger partial charge in [0.15, 0.2) is 5.82 Å². The molecule has 1 fully saturated rings. The van der Waals surface area contributed by atoms with E-state index in [9.17, 15) is 4.79 Å². The molecule has 1 saturated heterocycles. The van der Waals surface area contributed by atoms with E-state index in [4.69, 9.17) is 11.6 Å². The molecule has 0 aliphatic carbocycles. The second-order valence-electron chi connectivity index (χ2n) is 4.20. The summed E-state index contributed by atoms with van der Waals surface area (Å²) in [5.74, 6) is 0.439. The molecule has 0 amide bonds. The van der Waals surface area contributed by atoms with Gasteiger partial charge in [0.25, 0.3) is 5.56 Å². The Morgan fingerprint density at radius 1 is 1.41 bits per heavy atom. The first-order valence-electron chi connectivity index (χ1n) is 5.93. The Kier molecular flexibility index (Phi) is 4.02. The molecule has 5 nitrogen and oxygen atoms in total. The maximum atomic E-state index is 11.6. The molecule has 0 spiro atoms. The summed E-state index contributed by atoms with van der Waals surface area (Å²) in [6, 6.07) is 0. The van der Waals surface area contributed by atoms with Crippen molar-refractivity contribution >= 4 is 17.4 Å². The normalized spacial score (nSPS) is 17.4. The molecular weight excluding hydrogens is 240 g/mol. The third-order valence-corrected chi connectivity index (χ3v) is 3.14. The molecule has 0 saturated carbocycles. The molecule has 0 atom stereocenters. The molecule has 1 aromatic heterocycles. The highest BCUT2D eigenvalue weighted by molar-refractivity contribution is 6.29. The molecule has 6 heteroatoms. The number of rotatable bonds is 3. The van der Waals surface area contributed by atoms with Gasteiger partial charge in [-0.25, -0.2) is 4.98 Å². The van der Waals surface area contributed by atoms with Crippen LogP contribution in [0.3, 0.4) is 0 Å². The van der Waals surface area contributed by atoms with Gasteiger partial charge in [-0.3, -0.25) is 9.69 Å². The second-order valence-corrected chi connectivity index (χ2v) is 4.59. The van der Waals surface area contributed by atoms with Crippen LogP contribution in [-0.4, -0.2) is 47.6 Å². The van der Waals surface area contributed by atoms with E-state index in [1.165, 1.54) is 6.20 Å². The molecule has 2 heterocycles. The van der Waals surface area contributed by atoms with E-state index < -0.39 is 0 Å². The van der Waals surface area contributed by atoms with E-state index >= 15 is 0 Å². The lowest BCUT2D eigenvalue weighted by atomic mass is 10.3. The molecule has 1 aliphatic heterocycles. The molecule has 0 unspecified atom stereocenters. The summed E-state index contributed by atoms with van der Waals surface area (Å²) in [4.78, 5) is 22.7. The Bertz CT molecular complexity index is 426. The molecule has 94 valence electrons. The zero-order chi connectivity index (χ0) is 12.3. The van der Waals surface area contributed by atoms with Crippen molar-refractivity contribution in [3.8, 4) is 0 Å². The first-order valence-corrected chi connectivity index (χ1v) is 6.31. The number of H-pyrrole nitrogens is 1. The quantitative estimate of drug-likeness (QED) is 0.875. The van der Waals surface area contributed by atoms with Crippen LogP contribution in [0.15, 0.2) is 11.0 Å². The van der Waals surface area contributed by atoms with Crippen LogP contribution in [0.2, 0.25) is 5.15 Å². The van der Waals surface area contributed by atoms with Crippen LogP contribution in [0.4, 0.5) is 5.82 Å². The highest BCUT2D eigenvalue weighted by atomic mass is 35.5. The number of piperazine rings is 1. The molecule has 0 bridgehead atoms. The lowest BCUT2D eigenvalue weighted by Gasteiger charge is -2.34. The zero-order valence-corrected chi connectivity index (χ0v) is 10.7. The zero-order valence-electron chi connectivity index (χ0n) is 9.95. The minimum absolute atomic E-state index is 0.168. The summed E-state index contributed by atoms with van der Waals surface area (Å²) in [5.41, 5.74) is -0.168. The van der Waals surface area contributed by atoms with Crippen molar-refractivity contribution in [2.45, 2.75) is 13.3 Å². The highest BCUT2D eigenvalue weighted by Crippen LogP contribution is 2.11. The minimum atomic E-state index is -0.168. The van der Waals surface area contributed by atoms with Crippen molar-refractivity contribution in [2.75, 3.05) is 37.6 Å². The van der Waals surface area contributed by atoms with Gasteiger partial charge in [0.05, 0.1) is 0 Å². The van der Waals surface area contributed by atoms with Crippen molar-refractivity contribution < 1.29 is 0 Å². The number of anilines is 1. The molecule has 2 rings (SSSR count). The SMILES string of the molecule is CCCN1CCN(c2nc(Cl)c[nH]c2=O)CC1. The molecule has 0 radical (unpaired) electrons. The summed E-state index contributed by atoms with van der Waals surface area (Å²) >= 11 is 5.80. The third kappa shape index (κ3) is 2.98. The van der Waals surface area contributed by atoms with E-state index in [1.54, 1.807) is 0 Å². The van der Waals surface area contributed by atoms with Gasteiger partial charge in [-0.1, -0.05) is 18.5 Å². The Labute approximate surface area is 105 Å². The van der Waals surface area contributed by atoms with Crippen LogP contribution in [0.5, 0.6) is 0 Å². The first-order chi connectivity index (χ1) is 8.20. The average molecular weight is 257 g/mol. The van der Waals surface area contributed by atoms with Crippen LogP contribution >= 0.6 is 11.6 Å². The number of aromatic nitrogens is 2. The van der Waals surface area contributed by atoms with Gasteiger partial charge in [0.2, 0.25) is 0 Å². The largest absolute Gasteiger partial charge is 0.349 e. The summed E-state index contributed by atoms with van der Waals surface area (Å²) < 4.78 is 0. The van der Waals surface area contributed by atoms with Gasteiger partial charge in [0.1, 0.15) is 5.15 Å². The lowest BCUT2D eigenvalue weighted by molar-refractivity contribution is 0.257. The highest BCUT2D eigenvalue weighted by Gasteiger charge is 2.19. The van der Waals surface area contributed by atoms with Crippen molar-refractivity contribution in [1.82, 2.24) is 14.9 Å². The predicted octanol–water partition coefficient (Wildman–Crippen LogP) is 0.955. The molecule has 1 N–H and O–H groups in total. The van der Waals surface area contributed by atoms with E-state index in [1.807, 2.05) is 4.90 Å². The summed E-state index contributed by atoms with van der Waals surface area (Å²) in [7, 11) is 0. The van der Waals surface area contributed by atoms with Gasteiger partial charge >= 0.3 is 0 Å². The Balaban J connectivity index is 2.05. The van der Waals surface area contributed by atoms with Crippen molar-refractivity contribution in [2.24, 2.45) is 0 Å². The van der Waals surface area contributed by atoms with Crippen LogP contribution in [-0.2, 0) is 0 Å². The van der Waals surface area contributed by atoms with Crippen LogP contribution in [0.25, 0.3) is 0 Å². The molecule has 0 aromatic carbocycles. The fourth-order valence-electron chi connectivity index (χ4n) is 2.09. The van der Waals surface area contributed by atoms with E-state index in [-0.39, 0.29) is 5.56 Å². The van der Waals surface area contributed by atoms with Crippen molar-refractivity contribution in [1.29, 1.82) is 0 Å². The van der Waals surface area contributed by atoms with Gasteiger partial charge in [-0.05, 0) is 13.0 Å². The number of nitrogens with one attached hydrogen (secondary N) is 1. The van der Waals surface area contributed by atoms with Gasteiger partial charge < -0.3 is 9.88 Å². The van der Waals surface area contributed by atoms with E-state index in [2.05, 4.69) is 21.8 Å². The second kappa shape index (κ2) is 5.51. The predicted molar refractivity (Wildman–Crippen MR) is 68.8 cm³/mol. The van der Waals surface area contributed by atoms with Gasteiger partial charge in [-0.15, -0.1) is 0 Å². The molecule has 17 heavy (non-hydrogen) atoms. The standard InChI is InChI=1S/C11H17ClN4O/c1-2-3-15-4-6-16(7-5-15)10-11(17)13-8-9(12)14-10/h8H,2-7H2,1H3,(H,13,17). The number of hydrogen-bond acceptors (Lipinski definition) is 4. The molecule has 1 aliphatic rings. The Hall–Kier alpha value is -1.07. The van der Waals surface area contributed by atoms with Crippen molar-refractivity contribution in [3.63, 3.8) is 0 Å². The van der Waals surface area contributed by atoms with Crippen molar-refractivity contribution in [3.05, 3.63) is 21.7 Å². The topological polar surface area (TPSA) is 52.2 Å². The van der Waals surface area contributed by atoms with Crippen LogP contribution in [0.1, 0.15) is 13.3 Å².